The van der Waals surface area contributed by atoms with Gasteiger partial charge in [0.1, 0.15) is 5.82 Å². The minimum Gasteiger partial charge on any atom is -0.315 e. The molecule has 0 fully saturated rings. The quantitative estimate of drug-likeness (QED) is 0.681. The number of H-pyrrole nitrogens is 1. The molecule has 0 amide bonds. The van der Waals surface area contributed by atoms with E-state index in [1.54, 1.807) is 18.3 Å². The molecule has 0 unspecified atom stereocenters. The third kappa shape index (κ3) is 1.82. The van der Waals surface area contributed by atoms with Crippen LogP contribution in [0.2, 0.25) is 0 Å². The fourth-order valence-corrected chi connectivity index (χ4v) is 2.18. The number of aryl methyl sites for hydroxylation is 1. The van der Waals surface area contributed by atoms with Crippen molar-refractivity contribution in [2.75, 3.05) is 0 Å². The number of benzene rings is 1. The second-order valence-electron chi connectivity index (χ2n) is 4.41. The van der Waals surface area contributed by atoms with Crippen molar-refractivity contribution in [3.8, 4) is 11.1 Å². The molecule has 1 N–H and O–H groups in total. The number of rotatable bonds is 1. The van der Waals surface area contributed by atoms with Crippen molar-refractivity contribution in [2.45, 2.75) is 0 Å². The van der Waals surface area contributed by atoms with Crippen molar-refractivity contribution in [3.05, 3.63) is 63.2 Å². The second kappa shape index (κ2) is 4.41. The Labute approximate surface area is 112 Å². The predicted molar refractivity (Wildman–Crippen MR) is 73.0 cm³/mol. The topological polar surface area (TPSA) is 67.8 Å². The highest BCUT2D eigenvalue weighted by Gasteiger charge is 2.10. The Hall–Kier alpha value is -2.76. The first-order valence-corrected chi connectivity index (χ1v) is 5.91. The first kappa shape index (κ1) is 12.3. The summed E-state index contributed by atoms with van der Waals surface area (Å²) in [4.78, 5) is 29.8. The Balaban J connectivity index is 2.43. The van der Waals surface area contributed by atoms with E-state index < -0.39 is 11.1 Å². The van der Waals surface area contributed by atoms with Gasteiger partial charge in [-0.05, 0) is 17.7 Å². The highest BCUT2D eigenvalue weighted by Crippen LogP contribution is 2.25. The van der Waals surface area contributed by atoms with Gasteiger partial charge in [-0.15, -0.1) is 0 Å². The van der Waals surface area contributed by atoms with Crippen LogP contribution in [0.5, 0.6) is 0 Å². The highest BCUT2D eigenvalue weighted by molar-refractivity contribution is 5.90. The van der Waals surface area contributed by atoms with E-state index >= 15 is 0 Å². The van der Waals surface area contributed by atoms with Gasteiger partial charge in [0.2, 0.25) is 0 Å². The van der Waals surface area contributed by atoms with Gasteiger partial charge in [-0.3, -0.25) is 14.6 Å². The predicted octanol–water partition coefficient (Wildman–Crippen LogP) is 1.43. The minimum atomic E-state index is -0.696. The largest absolute Gasteiger partial charge is 0.316 e. The lowest BCUT2D eigenvalue weighted by Gasteiger charge is -2.09. The molecule has 2 aromatic heterocycles. The van der Waals surface area contributed by atoms with E-state index in [2.05, 4.69) is 9.97 Å². The summed E-state index contributed by atoms with van der Waals surface area (Å²) in [5.41, 5.74) is 1.03. The Bertz CT molecular complexity index is 910. The highest BCUT2D eigenvalue weighted by atomic mass is 19.1. The molecule has 0 bridgehead atoms. The van der Waals surface area contributed by atoms with Crippen molar-refractivity contribution in [1.82, 2.24) is 14.5 Å². The van der Waals surface area contributed by atoms with Crippen LogP contribution in [-0.4, -0.2) is 14.5 Å². The number of aromatic nitrogens is 3. The van der Waals surface area contributed by atoms with Crippen LogP contribution in [0, 0.1) is 5.82 Å². The molecule has 6 heteroatoms. The third-order valence-electron chi connectivity index (χ3n) is 3.16. The first-order valence-electron chi connectivity index (χ1n) is 5.91. The Morgan fingerprint density at radius 3 is 2.55 bits per heavy atom. The first-order chi connectivity index (χ1) is 9.58. The van der Waals surface area contributed by atoms with E-state index in [0.29, 0.717) is 22.2 Å². The van der Waals surface area contributed by atoms with Gasteiger partial charge >= 0.3 is 11.1 Å². The number of pyridine rings is 1. The van der Waals surface area contributed by atoms with Crippen molar-refractivity contribution < 1.29 is 4.39 Å². The zero-order chi connectivity index (χ0) is 14.3. The number of nitrogens with one attached hydrogen (secondary N) is 1. The number of fused-ring (bicyclic) bond motifs is 1. The van der Waals surface area contributed by atoms with E-state index in [9.17, 15) is 14.0 Å². The lowest BCUT2D eigenvalue weighted by atomic mass is 10.1. The van der Waals surface area contributed by atoms with Gasteiger partial charge in [0, 0.05) is 18.8 Å². The molecule has 0 atom stereocenters. The van der Waals surface area contributed by atoms with Crippen LogP contribution >= 0.6 is 0 Å². The molecular weight excluding hydrogens is 261 g/mol. The van der Waals surface area contributed by atoms with Gasteiger partial charge in [-0.1, -0.05) is 12.1 Å². The molecule has 1 aromatic carbocycles. The molecule has 0 aliphatic heterocycles. The summed E-state index contributed by atoms with van der Waals surface area (Å²) in [6.07, 6.45) is 3.05. The van der Waals surface area contributed by atoms with Gasteiger partial charge in [-0.2, -0.15) is 0 Å². The Kier molecular flexibility index (Phi) is 2.71. The average Bonchev–Trinajstić information content (AvgIpc) is 2.45. The lowest BCUT2D eigenvalue weighted by molar-refractivity contribution is 0.628. The van der Waals surface area contributed by atoms with Crippen molar-refractivity contribution in [3.63, 3.8) is 0 Å². The standard InChI is InChI=1S/C14H10FN3O2/c1-18-12-10(8-2-4-9(15)5-3-8)6-16-7-11(12)17-13(19)14(18)20/h2-7H,1H3,(H,17,19). The van der Waals surface area contributed by atoms with E-state index in [1.807, 2.05) is 0 Å². The number of hydrogen-bond acceptors (Lipinski definition) is 3. The summed E-state index contributed by atoms with van der Waals surface area (Å²) in [6, 6.07) is 5.86. The average molecular weight is 271 g/mol. The van der Waals surface area contributed by atoms with Crippen LogP contribution in [-0.2, 0) is 7.05 Å². The molecule has 0 aliphatic carbocycles. The van der Waals surface area contributed by atoms with Crippen molar-refractivity contribution >= 4 is 11.0 Å². The number of hydrogen-bond donors (Lipinski definition) is 1. The Morgan fingerprint density at radius 1 is 1.15 bits per heavy atom. The van der Waals surface area contributed by atoms with E-state index in [0.717, 1.165) is 0 Å². The van der Waals surface area contributed by atoms with E-state index in [4.69, 9.17) is 0 Å². The summed E-state index contributed by atoms with van der Waals surface area (Å²) in [5, 5.41) is 0. The van der Waals surface area contributed by atoms with Crippen LogP contribution in [0.15, 0.2) is 46.2 Å². The van der Waals surface area contributed by atoms with Crippen molar-refractivity contribution in [2.24, 2.45) is 7.05 Å². The molecule has 3 aromatic rings. The van der Waals surface area contributed by atoms with Gasteiger partial charge in [-0.25, -0.2) is 4.39 Å². The molecule has 5 nitrogen and oxygen atoms in total. The maximum Gasteiger partial charge on any atom is 0.316 e. The molecule has 20 heavy (non-hydrogen) atoms. The maximum atomic E-state index is 13.0. The summed E-state index contributed by atoms with van der Waals surface area (Å²) in [6.45, 7) is 0. The van der Waals surface area contributed by atoms with E-state index in [-0.39, 0.29) is 5.82 Å². The fourth-order valence-electron chi connectivity index (χ4n) is 2.18. The zero-order valence-electron chi connectivity index (χ0n) is 10.6. The van der Waals surface area contributed by atoms with Crippen LogP contribution in [0.4, 0.5) is 4.39 Å². The molecule has 0 radical (unpaired) electrons. The summed E-state index contributed by atoms with van der Waals surface area (Å²) >= 11 is 0. The van der Waals surface area contributed by atoms with Crippen LogP contribution in [0.25, 0.3) is 22.2 Å². The molecule has 0 spiro atoms. The zero-order valence-corrected chi connectivity index (χ0v) is 10.6. The third-order valence-corrected chi connectivity index (χ3v) is 3.16. The number of nitrogens with zero attached hydrogens (tertiary/aromatic N) is 2. The van der Waals surface area contributed by atoms with Crippen LogP contribution in [0.3, 0.4) is 0 Å². The summed E-state index contributed by atoms with van der Waals surface area (Å²) < 4.78 is 14.3. The molecular formula is C14H10FN3O2. The molecule has 3 rings (SSSR count). The molecule has 0 aliphatic rings. The Morgan fingerprint density at radius 2 is 1.85 bits per heavy atom. The minimum absolute atomic E-state index is 0.343. The van der Waals surface area contributed by atoms with E-state index in [1.165, 1.54) is 29.9 Å². The number of aromatic amines is 1. The summed E-state index contributed by atoms with van der Waals surface area (Å²) in [5.74, 6) is -0.343. The second-order valence-corrected chi connectivity index (χ2v) is 4.41. The molecule has 0 saturated carbocycles. The fraction of sp³-hybridized carbons (Fsp3) is 0.0714. The van der Waals surface area contributed by atoms with Crippen LogP contribution < -0.4 is 11.1 Å². The SMILES string of the molecule is Cn1c(=O)c(=O)[nH]c2cncc(-c3ccc(F)cc3)c21. The van der Waals surface area contributed by atoms with Gasteiger partial charge < -0.3 is 9.55 Å². The normalized spacial score (nSPS) is 10.9. The maximum absolute atomic E-state index is 13.0. The van der Waals surface area contributed by atoms with Crippen molar-refractivity contribution in [1.29, 1.82) is 0 Å². The summed E-state index contributed by atoms with van der Waals surface area (Å²) in [7, 11) is 1.52. The van der Waals surface area contributed by atoms with Gasteiger partial charge in [0.05, 0.1) is 17.2 Å². The lowest BCUT2D eigenvalue weighted by Crippen LogP contribution is -2.35. The molecule has 100 valence electrons. The number of halogens is 1. The molecule has 0 saturated heterocycles. The van der Waals surface area contributed by atoms with Gasteiger partial charge in [0.15, 0.2) is 0 Å². The van der Waals surface area contributed by atoms with Crippen LogP contribution in [0.1, 0.15) is 0 Å². The monoisotopic (exact) mass is 271 g/mol. The molecule has 2 heterocycles. The van der Waals surface area contributed by atoms with Gasteiger partial charge in [0.25, 0.3) is 0 Å². The smallest absolute Gasteiger partial charge is 0.315 e.